The van der Waals surface area contributed by atoms with Gasteiger partial charge in [0.2, 0.25) is 0 Å². The van der Waals surface area contributed by atoms with Crippen molar-refractivity contribution in [1.82, 2.24) is 0 Å². The maximum absolute atomic E-state index is 11.8. The third kappa shape index (κ3) is 4.46. The summed E-state index contributed by atoms with van der Waals surface area (Å²) in [6.07, 6.45) is 0. The molecule has 0 spiro atoms. The van der Waals surface area contributed by atoms with Crippen LogP contribution in [0.1, 0.15) is 21.5 Å². The predicted molar refractivity (Wildman–Crippen MR) is 102 cm³/mol. The Kier molecular flexibility index (Phi) is 6.44. The second-order valence-electron chi connectivity index (χ2n) is 6.24. The third-order valence-electron chi connectivity index (χ3n) is 4.21. The normalized spacial score (nSPS) is 11.6. The Morgan fingerprint density at radius 1 is 1.00 bits per heavy atom. The van der Waals surface area contributed by atoms with Crippen LogP contribution in [0.5, 0.6) is 5.75 Å². The van der Waals surface area contributed by atoms with Crippen LogP contribution in [-0.4, -0.2) is 29.2 Å². The van der Waals surface area contributed by atoms with Gasteiger partial charge in [0.15, 0.2) is 5.75 Å². The standard InChI is InChI=1S/C19H16N2O6S.Cu/c1-10-6-7-14(13(8-10)19(23)24)20-21-15-9-16(28(25,26)27)12-5-3-4-11(2)17(12)18(15)22;/h3-9,22H,1-2H3,(H,23,24)(H,25,26,27);. The number of nitrogens with zero attached hydrogens (tertiary/aromatic N) is 2. The summed E-state index contributed by atoms with van der Waals surface area (Å²) in [6.45, 7) is 3.39. The van der Waals surface area contributed by atoms with Crippen molar-refractivity contribution in [3.05, 3.63) is 59.2 Å². The minimum absolute atomic E-state index is 0. The molecule has 0 aliphatic heterocycles. The predicted octanol–water partition coefficient (Wildman–Crippen LogP) is 4.52. The summed E-state index contributed by atoms with van der Waals surface area (Å²) in [7, 11) is -4.60. The van der Waals surface area contributed by atoms with Gasteiger partial charge in [0.05, 0.1) is 5.56 Å². The van der Waals surface area contributed by atoms with E-state index in [1.54, 1.807) is 32.0 Å². The summed E-state index contributed by atoms with van der Waals surface area (Å²) in [5.74, 6) is -1.52. The smallest absolute Gasteiger partial charge is 0.337 e. The number of hydrogen-bond acceptors (Lipinski definition) is 6. The van der Waals surface area contributed by atoms with Crippen molar-refractivity contribution in [2.45, 2.75) is 18.7 Å². The Morgan fingerprint density at radius 2 is 1.66 bits per heavy atom. The molecule has 0 aliphatic carbocycles. The monoisotopic (exact) mass is 463 g/mol. The number of aromatic hydroxyl groups is 1. The molecule has 0 amide bonds. The average molecular weight is 464 g/mol. The molecular weight excluding hydrogens is 448 g/mol. The Morgan fingerprint density at radius 3 is 2.28 bits per heavy atom. The number of phenolic OH excluding ortho intramolecular Hbond substituents is 1. The van der Waals surface area contributed by atoms with E-state index in [1.807, 2.05) is 0 Å². The van der Waals surface area contributed by atoms with Gasteiger partial charge in [-0.15, -0.1) is 10.2 Å². The summed E-state index contributed by atoms with van der Waals surface area (Å²) in [5, 5.41) is 27.9. The van der Waals surface area contributed by atoms with Crippen LogP contribution in [0.15, 0.2) is 57.6 Å². The van der Waals surface area contributed by atoms with Crippen LogP contribution in [0.2, 0.25) is 0 Å². The van der Waals surface area contributed by atoms with Crippen molar-refractivity contribution >= 4 is 38.2 Å². The van der Waals surface area contributed by atoms with Crippen molar-refractivity contribution in [2.75, 3.05) is 0 Å². The molecule has 3 aromatic carbocycles. The zero-order valence-electron chi connectivity index (χ0n) is 15.2. The molecule has 155 valence electrons. The minimum Gasteiger partial charge on any atom is -0.505 e. The molecule has 1 radical (unpaired) electrons. The Hall–Kier alpha value is -2.78. The van der Waals surface area contributed by atoms with E-state index in [4.69, 9.17) is 0 Å². The van der Waals surface area contributed by atoms with Gasteiger partial charge in [0.25, 0.3) is 10.1 Å². The van der Waals surface area contributed by atoms with Gasteiger partial charge in [-0.3, -0.25) is 4.55 Å². The molecule has 29 heavy (non-hydrogen) atoms. The van der Waals surface area contributed by atoms with Gasteiger partial charge >= 0.3 is 5.97 Å². The van der Waals surface area contributed by atoms with E-state index >= 15 is 0 Å². The second-order valence-corrected chi connectivity index (χ2v) is 7.63. The number of carbonyl (C=O) groups is 1. The molecule has 3 aromatic rings. The van der Waals surface area contributed by atoms with Crippen LogP contribution >= 0.6 is 0 Å². The van der Waals surface area contributed by atoms with Gasteiger partial charge in [-0.25, -0.2) is 4.79 Å². The van der Waals surface area contributed by atoms with Crippen molar-refractivity contribution in [3.63, 3.8) is 0 Å². The van der Waals surface area contributed by atoms with Crippen LogP contribution in [0.25, 0.3) is 10.8 Å². The Balaban J connectivity index is 0.00000300. The number of azo groups is 1. The maximum atomic E-state index is 11.8. The first-order chi connectivity index (χ1) is 13.1. The number of fused-ring (bicyclic) bond motifs is 1. The molecular formula is C19H16CuN2O6S. The largest absolute Gasteiger partial charge is 0.505 e. The van der Waals surface area contributed by atoms with Gasteiger partial charge in [0, 0.05) is 27.8 Å². The van der Waals surface area contributed by atoms with Gasteiger partial charge in [-0.05, 0) is 37.6 Å². The zero-order valence-corrected chi connectivity index (χ0v) is 17.0. The molecule has 10 heteroatoms. The number of hydrogen-bond donors (Lipinski definition) is 3. The fraction of sp³-hybridized carbons (Fsp3) is 0.105. The number of aryl methyl sites for hydroxylation is 2. The van der Waals surface area contributed by atoms with Gasteiger partial charge < -0.3 is 10.2 Å². The van der Waals surface area contributed by atoms with E-state index in [1.165, 1.54) is 18.2 Å². The topological polar surface area (TPSA) is 137 Å². The molecule has 3 N–H and O–H groups in total. The second kappa shape index (κ2) is 8.30. The van der Waals surface area contributed by atoms with Crippen LogP contribution in [0.4, 0.5) is 11.4 Å². The first-order valence-electron chi connectivity index (χ1n) is 8.08. The number of phenols is 1. The number of carboxylic acids is 1. The molecule has 0 unspecified atom stereocenters. The number of rotatable bonds is 4. The first kappa shape index (κ1) is 22.5. The van der Waals surface area contributed by atoms with Crippen molar-refractivity contribution in [1.29, 1.82) is 0 Å². The van der Waals surface area contributed by atoms with E-state index in [-0.39, 0.29) is 50.5 Å². The van der Waals surface area contributed by atoms with Crippen molar-refractivity contribution in [3.8, 4) is 5.75 Å². The molecule has 0 fully saturated rings. The molecule has 3 rings (SSSR count). The summed E-state index contributed by atoms with van der Waals surface area (Å²) in [4.78, 5) is 11.0. The fourth-order valence-electron chi connectivity index (χ4n) is 2.89. The van der Waals surface area contributed by atoms with Crippen LogP contribution < -0.4 is 0 Å². The molecule has 0 aliphatic rings. The first-order valence-corrected chi connectivity index (χ1v) is 9.52. The quantitative estimate of drug-likeness (QED) is 0.295. The fourth-order valence-corrected chi connectivity index (χ4v) is 3.60. The number of aromatic carboxylic acids is 1. The molecule has 0 aromatic heterocycles. The van der Waals surface area contributed by atoms with E-state index in [0.29, 0.717) is 11.1 Å². The molecule has 0 atom stereocenters. The maximum Gasteiger partial charge on any atom is 0.337 e. The van der Waals surface area contributed by atoms with E-state index in [9.17, 15) is 28.0 Å². The molecule has 0 bridgehead atoms. The Labute approximate surface area is 177 Å². The van der Waals surface area contributed by atoms with Gasteiger partial charge in [-0.2, -0.15) is 8.42 Å². The SMILES string of the molecule is Cc1ccc(N=Nc2cc(S(=O)(=O)O)c3cccc(C)c3c2O)c(C(=O)O)c1.[Cu]. The summed E-state index contributed by atoms with van der Waals surface area (Å²) in [6, 6.07) is 10.2. The number of carboxylic acid groups (broad SMARTS) is 1. The van der Waals surface area contributed by atoms with E-state index in [2.05, 4.69) is 10.2 Å². The molecule has 8 nitrogen and oxygen atoms in total. The van der Waals surface area contributed by atoms with Crippen LogP contribution in [0.3, 0.4) is 0 Å². The summed E-state index contributed by atoms with van der Waals surface area (Å²) >= 11 is 0. The average Bonchev–Trinajstić information content (AvgIpc) is 2.60. The minimum atomic E-state index is -4.60. The van der Waals surface area contributed by atoms with Crippen LogP contribution in [0, 0.1) is 13.8 Å². The van der Waals surface area contributed by atoms with Crippen molar-refractivity contribution < 1.29 is 45.0 Å². The van der Waals surface area contributed by atoms with E-state index in [0.717, 1.165) is 6.07 Å². The third-order valence-corrected chi connectivity index (χ3v) is 5.10. The summed E-state index contributed by atoms with van der Waals surface area (Å²) in [5.41, 5.74) is 1.02. The number of benzene rings is 3. The van der Waals surface area contributed by atoms with Crippen LogP contribution in [-0.2, 0) is 27.2 Å². The Bertz CT molecular complexity index is 1260. The van der Waals surface area contributed by atoms with E-state index < -0.39 is 21.0 Å². The van der Waals surface area contributed by atoms with Gasteiger partial charge in [-0.1, -0.05) is 29.8 Å². The summed E-state index contributed by atoms with van der Waals surface area (Å²) < 4.78 is 33.2. The van der Waals surface area contributed by atoms with Gasteiger partial charge in [0.1, 0.15) is 16.3 Å². The van der Waals surface area contributed by atoms with Crippen molar-refractivity contribution in [2.24, 2.45) is 10.2 Å². The molecule has 0 saturated heterocycles. The zero-order chi connectivity index (χ0) is 20.6. The molecule has 0 heterocycles. The molecule has 0 saturated carbocycles.